The Labute approximate surface area is 142 Å². The zero-order valence-electron chi connectivity index (χ0n) is 13.9. The van der Waals surface area contributed by atoms with Crippen molar-refractivity contribution in [2.24, 2.45) is 5.92 Å². The van der Waals surface area contributed by atoms with Crippen LogP contribution in [0.25, 0.3) is 0 Å². The number of carbonyl (C=O) groups is 1. The molecule has 126 valence electrons. The minimum Gasteiger partial charge on any atom is -0.379 e. The molecule has 0 unspecified atom stereocenters. The van der Waals surface area contributed by atoms with E-state index in [1.165, 1.54) is 18.4 Å². The molecule has 0 spiro atoms. The molecule has 0 N–H and O–H groups in total. The quantitative estimate of drug-likeness (QED) is 0.849. The molecule has 3 heterocycles. The van der Waals surface area contributed by atoms with E-state index in [0.717, 1.165) is 50.7 Å². The summed E-state index contributed by atoms with van der Waals surface area (Å²) in [6.45, 7) is 7.74. The zero-order valence-corrected chi connectivity index (χ0v) is 14.7. The van der Waals surface area contributed by atoms with Gasteiger partial charge in [-0.05, 0) is 41.7 Å². The van der Waals surface area contributed by atoms with E-state index >= 15 is 0 Å². The number of rotatable bonds is 4. The van der Waals surface area contributed by atoms with E-state index in [1.807, 2.05) is 0 Å². The maximum Gasteiger partial charge on any atom is 0.264 e. The fourth-order valence-electron chi connectivity index (χ4n) is 4.10. The number of carbonyl (C=O) groups excluding carboxylic acids is 1. The van der Waals surface area contributed by atoms with Gasteiger partial charge in [0.25, 0.3) is 5.91 Å². The molecule has 3 aliphatic rings. The average Bonchev–Trinajstić information content (AvgIpc) is 3.16. The lowest BCUT2D eigenvalue weighted by molar-refractivity contribution is 0.0103. The molecule has 3 fully saturated rings. The third kappa shape index (κ3) is 3.06. The highest BCUT2D eigenvalue weighted by Crippen LogP contribution is 2.43. The number of hydrogen-bond acceptors (Lipinski definition) is 4. The molecule has 4 rings (SSSR count). The summed E-state index contributed by atoms with van der Waals surface area (Å²) >= 11 is 1.63. The molecule has 2 saturated heterocycles. The van der Waals surface area contributed by atoms with Gasteiger partial charge in [-0.1, -0.05) is 13.3 Å². The van der Waals surface area contributed by atoms with Crippen LogP contribution in [0.4, 0.5) is 0 Å². The van der Waals surface area contributed by atoms with Crippen LogP contribution in [0.5, 0.6) is 0 Å². The van der Waals surface area contributed by atoms with Crippen molar-refractivity contribution in [1.82, 2.24) is 9.80 Å². The van der Waals surface area contributed by atoms with Crippen molar-refractivity contribution >= 4 is 17.2 Å². The second-order valence-corrected chi connectivity index (χ2v) is 7.99. The Morgan fingerprint density at radius 1 is 1.30 bits per heavy atom. The summed E-state index contributed by atoms with van der Waals surface area (Å²) in [7, 11) is 0. The molecule has 1 aromatic rings. The van der Waals surface area contributed by atoms with Gasteiger partial charge in [0.2, 0.25) is 0 Å². The molecule has 5 heteroatoms. The van der Waals surface area contributed by atoms with Crippen LogP contribution in [-0.2, 0) is 4.74 Å². The van der Waals surface area contributed by atoms with Crippen molar-refractivity contribution in [3.63, 3.8) is 0 Å². The van der Waals surface area contributed by atoms with Crippen molar-refractivity contribution in [3.8, 4) is 0 Å². The second kappa shape index (κ2) is 6.54. The van der Waals surface area contributed by atoms with E-state index in [9.17, 15) is 4.79 Å². The van der Waals surface area contributed by atoms with E-state index in [2.05, 4.69) is 28.2 Å². The van der Waals surface area contributed by atoms with Crippen LogP contribution in [-0.4, -0.2) is 61.1 Å². The summed E-state index contributed by atoms with van der Waals surface area (Å²) in [6, 6.07) is 2.68. The van der Waals surface area contributed by atoms with Crippen LogP contribution < -0.4 is 0 Å². The Bertz CT molecular complexity index is 563. The Morgan fingerprint density at radius 2 is 2.09 bits per heavy atom. The molecule has 1 aromatic heterocycles. The SMILES string of the molecule is CC[C@H]1CN(C(=O)c2sccc2C2CC2)C[C@H]1N1CCOCC1. The summed E-state index contributed by atoms with van der Waals surface area (Å²) in [6.07, 6.45) is 3.65. The maximum atomic E-state index is 13.0. The molecule has 1 saturated carbocycles. The number of thiophene rings is 1. The first-order valence-electron chi connectivity index (χ1n) is 8.96. The highest BCUT2D eigenvalue weighted by Gasteiger charge is 2.39. The molecule has 0 radical (unpaired) electrons. The maximum absolute atomic E-state index is 13.0. The van der Waals surface area contributed by atoms with Crippen LogP contribution in [0, 0.1) is 5.92 Å². The Hall–Kier alpha value is -0.910. The van der Waals surface area contributed by atoms with Gasteiger partial charge in [-0.25, -0.2) is 0 Å². The van der Waals surface area contributed by atoms with Gasteiger partial charge in [0.15, 0.2) is 0 Å². The van der Waals surface area contributed by atoms with Gasteiger partial charge in [-0.2, -0.15) is 0 Å². The second-order valence-electron chi connectivity index (χ2n) is 7.07. The standard InChI is InChI=1S/C18H26N2O2S/c1-2-13-11-20(12-16(13)19-6-8-22-9-7-19)18(21)17-15(5-10-23-17)14-3-4-14/h5,10,13-14,16H,2-4,6-9,11-12H2,1H3/t13-,16+/m0/s1. The third-order valence-electron chi connectivity index (χ3n) is 5.64. The largest absolute Gasteiger partial charge is 0.379 e. The van der Waals surface area contributed by atoms with E-state index in [-0.39, 0.29) is 5.91 Å². The minimum absolute atomic E-state index is 0.274. The molecule has 1 amide bonds. The number of nitrogens with zero attached hydrogens (tertiary/aromatic N) is 2. The number of morpholine rings is 1. The van der Waals surface area contributed by atoms with Crippen molar-refractivity contribution in [1.29, 1.82) is 0 Å². The van der Waals surface area contributed by atoms with E-state index in [0.29, 0.717) is 17.9 Å². The van der Waals surface area contributed by atoms with Crippen molar-refractivity contribution < 1.29 is 9.53 Å². The first-order chi connectivity index (χ1) is 11.3. The van der Waals surface area contributed by atoms with E-state index in [1.54, 1.807) is 11.3 Å². The Kier molecular flexibility index (Phi) is 4.43. The predicted octanol–water partition coefficient (Wildman–Crippen LogP) is 2.81. The monoisotopic (exact) mass is 334 g/mol. The first kappa shape index (κ1) is 15.6. The zero-order chi connectivity index (χ0) is 15.8. The fraction of sp³-hybridized carbons (Fsp3) is 0.722. The number of ether oxygens (including phenoxy) is 1. The number of likely N-dealkylation sites (tertiary alicyclic amines) is 1. The highest BCUT2D eigenvalue weighted by molar-refractivity contribution is 7.12. The molecular formula is C18H26N2O2S. The third-order valence-corrected chi connectivity index (χ3v) is 6.56. The normalized spacial score (nSPS) is 29.2. The summed E-state index contributed by atoms with van der Waals surface area (Å²) in [5.74, 6) is 1.53. The summed E-state index contributed by atoms with van der Waals surface area (Å²) in [4.78, 5) is 18.7. The fourth-order valence-corrected chi connectivity index (χ4v) is 5.05. The lowest BCUT2D eigenvalue weighted by Gasteiger charge is -2.34. The molecular weight excluding hydrogens is 308 g/mol. The predicted molar refractivity (Wildman–Crippen MR) is 92.2 cm³/mol. The van der Waals surface area contributed by atoms with Crippen molar-refractivity contribution in [2.45, 2.75) is 38.1 Å². The van der Waals surface area contributed by atoms with Crippen LogP contribution >= 0.6 is 11.3 Å². The van der Waals surface area contributed by atoms with Gasteiger partial charge >= 0.3 is 0 Å². The van der Waals surface area contributed by atoms with Crippen LogP contribution in [0.3, 0.4) is 0 Å². The van der Waals surface area contributed by atoms with Gasteiger partial charge < -0.3 is 9.64 Å². The Balaban J connectivity index is 1.48. The molecule has 1 aliphatic carbocycles. The van der Waals surface area contributed by atoms with Crippen LogP contribution in [0.1, 0.15) is 47.3 Å². The van der Waals surface area contributed by atoms with Gasteiger partial charge in [0.1, 0.15) is 0 Å². The molecule has 0 aromatic carbocycles. The molecule has 4 nitrogen and oxygen atoms in total. The number of amides is 1. The van der Waals surface area contributed by atoms with Gasteiger partial charge in [-0.15, -0.1) is 11.3 Å². The van der Waals surface area contributed by atoms with E-state index in [4.69, 9.17) is 4.74 Å². The first-order valence-corrected chi connectivity index (χ1v) is 9.84. The minimum atomic E-state index is 0.274. The van der Waals surface area contributed by atoms with Gasteiger partial charge in [-0.3, -0.25) is 9.69 Å². The van der Waals surface area contributed by atoms with E-state index < -0.39 is 0 Å². The summed E-state index contributed by atoms with van der Waals surface area (Å²) < 4.78 is 5.49. The highest BCUT2D eigenvalue weighted by atomic mass is 32.1. The summed E-state index contributed by atoms with van der Waals surface area (Å²) in [5.41, 5.74) is 1.31. The lowest BCUT2D eigenvalue weighted by atomic mass is 9.99. The summed E-state index contributed by atoms with van der Waals surface area (Å²) in [5, 5.41) is 2.09. The topological polar surface area (TPSA) is 32.8 Å². The molecule has 23 heavy (non-hydrogen) atoms. The molecule has 0 bridgehead atoms. The molecule has 2 atom stereocenters. The lowest BCUT2D eigenvalue weighted by Crippen LogP contribution is -2.47. The van der Waals surface area contributed by atoms with Gasteiger partial charge in [0.05, 0.1) is 18.1 Å². The van der Waals surface area contributed by atoms with Crippen molar-refractivity contribution in [2.75, 3.05) is 39.4 Å². The van der Waals surface area contributed by atoms with Crippen molar-refractivity contribution in [3.05, 3.63) is 21.9 Å². The van der Waals surface area contributed by atoms with Crippen LogP contribution in [0.15, 0.2) is 11.4 Å². The average molecular weight is 334 g/mol. The Morgan fingerprint density at radius 3 is 2.78 bits per heavy atom. The smallest absolute Gasteiger partial charge is 0.264 e. The van der Waals surface area contributed by atoms with Crippen LogP contribution in [0.2, 0.25) is 0 Å². The molecule has 2 aliphatic heterocycles. The number of hydrogen-bond donors (Lipinski definition) is 0. The van der Waals surface area contributed by atoms with Gasteiger partial charge in [0, 0.05) is 32.2 Å².